The number of rotatable bonds is 4. The molecular weight excluding hydrogens is 369 g/mol. The van der Waals surface area contributed by atoms with Crippen molar-refractivity contribution in [2.24, 2.45) is 0 Å². The summed E-state index contributed by atoms with van der Waals surface area (Å²) in [7, 11) is 0. The average Bonchev–Trinajstić information content (AvgIpc) is 3.08. The fraction of sp³-hybridized carbons (Fsp3) is 0.632. The summed E-state index contributed by atoms with van der Waals surface area (Å²) in [6, 6.07) is 6.66. The lowest BCUT2D eigenvalue weighted by Crippen LogP contribution is -2.54. The van der Waals surface area contributed by atoms with E-state index in [-0.39, 0.29) is 11.7 Å². The smallest absolute Gasteiger partial charge is 0.238 e. The van der Waals surface area contributed by atoms with E-state index in [1.807, 2.05) is 0 Å². The maximum absolute atomic E-state index is 12.9. The molecule has 0 spiro atoms. The molecule has 1 aliphatic carbocycles. The highest BCUT2D eigenvalue weighted by Gasteiger charge is 2.42. The summed E-state index contributed by atoms with van der Waals surface area (Å²) in [5.41, 5.74) is 0.652. The maximum Gasteiger partial charge on any atom is 0.238 e. The zero-order valence-corrected chi connectivity index (χ0v) is 16.5. The van der Waals surface area contributed by atoms with Crippen LogP contribution in [0.3, 0.4) is 0 Å². The lowest BCUT2D eigenvalue weighted by atomic mass is 10.1. The first-order valence-electron chi connectivity index (χ1n) is 9.44. The minimum absolute atomic E-state index is 0.0229. The van der Waals surface area contributed by atoms with E-state index in [4.69, 9.17) is 0 Å². The summed E-state index contributed by atoms with van der Waals surface area (Å²) in [5, 5.41) is 4.52. The fourth-order valence-electron chi connectivity index (χ4n) is 4.27. The van der Waals surface area contributed by atoms with Crippen LogP contribution < -0.4 is 5.32 Å². The highest BCUT2D eigenvalue weighted by Crippen LogP contribution is 2.44. The minimum Gasteiger partial charge on any atom is -0.325 e. The first-order chi connectivity index (χ1) is 12.7. The topological polar surface area (TPSA) is 35.6 Å². The van der Waals surface area contributed by atoms with Crippen molar-refractivity contribution < 1.29 is 9.18 Å². The predicted molar refractivity (Wildman–Crippen MR) is 109 cm³/mol. The van der Waals surface area contributed by atoms with Gasteiger partial charge in [0.2, 0.25) is 5.91 Å². The molecular formula is C19H26FN3OS2. The molecule has 7 heteroatoms. The molecule has 0 bridgehead atoms. The van der Waals surface area contributed by atoms with Crippen LogP contribution in [0.5, 0.6) is 0 Å². The second-order valence-electron chi connectivity index (χ2n) is 7.26. The molecule has 4 rings (SSSR count). The first kappa shape index (κ1) is 18.6. The summed E-state index contributed by atoms with van der Waals surface area (Å²) in [5.74, 6) is 2.30. The first-order valence-corrected chi connectivity index (χ1v) is 11.5. The van der Waals surface area contributed by atoms with Crippen LogP contribution in [0, 0.1) is 5.82 Å². The molecule has 1 saturated carbocycles. The number of anilines is 1. The van der Waals surface area contributed by atoms with Crippen molar-refractivity contribution in [2.45, 2.75) is 29.4 Å². The second-order valence-corrected chi connectivity index (χ2v) is 9.89. The van der Waals surface area contributed by atoms with Crippen LogP contribution >= 0.6 is 23.5 Å². The largest absolute Gasteiger partial charge is 0.325 e. The van der Waals surface area contributed by atoms with Gasteiger partial charge in [-0.15, -0.1) is 0 Å². The van der Waals surface area contributed by atoms with Gasteiger partial charge in [-0.1, -0.05) is 0 Å². The zero-order chi connectivity index (χ0) is 17.9. The molecule has 1 N–H and O–H groups in total. The van der Waals surface area contributed by atoms with Crippen LogP contribution in [0.25, 0.3) is 0 Å². The van der Waals surface area contributed by atoms with E-state index in [0.717, 1.165) is 42.7 Å². The molecule has 2 saturated heterocycles. The van der Waals surface area contributed by atoms with Crippen LogP contribution in [0.1, 0.15) is 12.8 Å². The fourth-order valence-corrected chi connectivity index (χ4v) is 7.64. The molecule has 0 aromatic heterocycles. The molecule has 2 aliphatic heterocycles. The van der Waals surface area contributed by atoms with E-state index in [1.54, 1.807) is 12.1 Å². The molecule has 0 unspecified atom stereocenters. The van der Waals surface area contributed by atoms with Gasteiger partial charge < -0.3 is 5.32 Å². The number of benzene rings is 1. The van der Waals surface area contributed by atoms with Gasteiger partial charge in [-0.3, -0.25) is 14.6 Å². The Balaban J connectivity index is 1.23. The average molecular weight is 396 g/mol. The van der Waals surface area contributed by atoms with Gasteiger partial charge in [0.05, 0.1) is 6.54 Å². The van der Waals surface area contributed by atoms with Crippen LogP contribution in [0.4, 0.5) is 10.1 Å². The second kappa shape index (κ2) is 8.50. The number of halogens is 1. The normalized spacial score (nSPS) is 30.1. The third-order valence-electron chi connectivity index (χ3n) is 5.59. The number of hydrogen-bond donors (Lipinski definition) is 1. The van der Waals surface area contributed by atoms with Crippen molar-refractivity contribution in [3.05, 3.63) is 30.1 Å². The Hall–Kier alpha value is -0.760. The SMILES string of the molecule is O=C(CN1CCN([C@@H]2CC[C@@H]3SCCS[C@H]32)CC1)Nc1ccc(F)cc1. The summed E-state index contributed by atoms with van der Waals surface area (Å²) >= 11 is 4.36. The van der Waals surface area contributed by atoms with E-state index >= 15 is 0 Å². The molecule has 1 aromatic rings. The van der Waals surface area contributed by atoms with E-state index in [9.17, 15) is 9.18 Å². The van der Waals surface area contributed by atoms with E-state index in [0.29, 0.717) is 12.2 Å². The van der Waals surface area contributed by atoms with Gasteiger partial charge in [0.25, 0.3) is 0 Å². The number of thioether (sulfide) groups is 2. The molecule has 3 atom stereocenters. The Morgan fingerprint density at radius 2 is 1.81 bits per heavy atom. The molecule has 1 amide bonds. The van der Waals surface area contributed by atoms with Crippen molar-refractivity contribution in [1.29, 1.82) is 0 Å². The van der Waals surface area contributed by atoms with Gasteiger partial charge in [0.15, 0.2) is 0 Å². The van der Waals surface area contributed by atoms with Gasteiger partial charge in [-0.2, -0.15) is 23.5 Å². The van der Waals surface area contributed by atoms with Gasteiger partial charge in [-0.25, -0.2) is 4.39 Å². The summed E-state index contributed by atoms with van der Waals surface area (Å²) in [6.45, 7) is 4.42. The molecule has 1 aromatic carbocycles. The van der Waals surface area contributed by atoms with Crippen LogP contribution in [0.15, 0.2) is 24.3 Å². The molecule has 3 fully saturated rings. The van der Waals surface area contributed by atoms with E-state index < -0.39 is 0 Å². The predicted octanol–water partition coefficient (Wildman–Crippen LogP) is 2.76. The number of nitrogens with zero attached hydrogens (tertiary/aromatic N) is 2. The Kier molecular flexibility index (Phi) is 6.08. The van der Waals surface area contributed by atoms with Crippen molar-refractivity contribution in [1.82, 2.24) is 9.80 Å². The Bertz CT molecular complexity index is 622. The summed E-state index contributed by atoms with van der Waals surface area (Å²) in [6.07, 6.45) is 2.70. The van der Waals surface area contributed by atoms with Crippen LogP contribution in [-0.2, 0) is 4.79 Å². The van der Waals surface area contributed by atoms with Gasteiger partial charge in [0, 0.05) is 59.9 Å². The molecule has 4 nitrogen and oxygen atoms in total. The molecule has 26 heavy (non-hydrogen) atoms. The number of carbonyl (C=O) groups excluding carboxylic acids is 1. The highest BCUT2D eigenvalue weighted by atomic mass is 32.2. The van der Waals surface area contributed by atoms with Crippen molar-refractivity contribution in [3.8, 4) is 0 Å². The third kappa shape index (κ3) is 4.38. The number of hydrogen-bond acceptors (Lipinski definition) is 5. The Labute approximate surface area is 163 Å². The van der Waals surface area contributed by atoms with Gasteiger partial charge >= 0.3 is 0 Å². The molecule has 3 aliphatic rings. The Morgan fingerprint density at radius 3 is 2.58 bits per heavy atom. The molecule has 0 radical (unpaired) electrons. The maximum atomic E-state index is 12.9. The quantitative estimate of drug-likeness (QED) is 0.848. The minimum atomic E-state index is -0.289. The third-order valence-corrected chi connectivity index (χ3v) is 8.88. The number of carbonyl (C=O) groups is 1. The van der Waals surface area contributed by atoms with Gasteiger partial charge in [-0.05, 0) is 37.1 Å². The van der Waals surface area contributed by atoms with Crippen LogP contribution in [0.2, 0.25) is 0 Å². The number of nitrogens with one attached hydrogen (secondary N) is 1. The van der Waals surface area contributed by atoms with Crippen LogP contribution in [-0.4, -0.2) is 76.5 Å². The van der Waals surface area contributed by atoms with Gasteiger partial charge in [0.1, 0.15) is 5.82 Å². The van der Waals surface area contributed by atoms with Crippen molar-refractivity contribution in [2.75, 3.05) is 49.5 Å². The standard InChI is InChI=1S/C19H26FN3OS2/c20-14-1-3-15(4-2-14)21-18(24)13-22-7-9-23(10-8-22)16-5-6-17-19(16)26-12-11-25-17/h1-4,16-17,19H,5-13H2,(H,21,24)/t16-,17+,19+/m1/s1. The van der Waals surface area contributed by atoms with E-state index in [2.05, 4.69) is 38.6 Å². The number of fused-ring (bicyclic) bond motifs is 1. The highest BCUT2D eigenvalue weighted by molar-refractivity contribution is 8.07. The van der Waals surface area contributed by atoms with Crippen molar-refractivity contribution >= 4 is 35.1 Å². The summed E-state index contributed by atoms with van der Waals surface area (Å²) < 4.78 is 12.9. The monoisotopic (exact) mass is 395 g/mol. The van der Waals surface area contributed by atoms with Crippen molar-refractivity contribution in [3.63, 3.8) is 0 Å². The zero-order valence-electron chi connectivity index (χ0n) is 14.9. The Morgan fingerprint density at radius 1 is 1.08 bits per heavy atom. The molecule has 142 valence electrons. The number of piperazine rings is 1. The number of amides is 1. The lowest BCUT2D eigenvalue weighted by Gasteiger charge is -2.41. The summed E-state index contributed by atoms with van der Waals surface area (Å²) in [4.78, 5) is 17.1. The molecule has 2 heterocycles. The lowest BCUT2D eigenvalue weighted by molar-refractivity contribution is -0.117. The van der Waals surface area contributed by atoms with E-state index in [1.165, 1.54) is 36.5 Å².